The number of rotatable bonds is 8. The van der Waals surface area contributed by atoms with Gasteiger partial charge >= 0.3 is 0 Å². The molecule has 2 N–H and O–H groups in total. The minimum absolute atomic E-state index is 0.0296. The standard InChI is InChI=1S/C23H29ClN4O3S/c24-19-4-6-20(7-5-19)32(30,31)28-13-9-17(10-14-28)3-1-2-11-26-23(29)22-15-18-16-25-12-8-21(18)27-22/h4-8,12,16-17,22,27H,1-3,9-11,13-15H2,(H,26,29). The van der Waals surface area contributed by atoms with Crippen LogP contribution in [0, 0.1) is 5.92 Å². The van der Waals surface area contributed by atoms with E-state index in [2.05, 4.69) is 15.6 Å². The van der Waals surface area contributed by atoms with Gasteiger partial charge in [0.15, 0.2) is 0 Å². The van der Waals surface area contributed by atoms with E-state index < -0.39 is 10.0 Å². The number of fused-ring (bicyclic) bond motifs is 1. The van der Waals surface area contributed by atoms with Crippen molar-refractivity contribution < 1.29 is 13.2 Å². The molecule has 1 unspecified atom stereocenters. The highest BCUT2D eigenvalue weighted by Gasteiger charge is 2.29. The SMILES string of the molecule is O=C(NCCCCC1CCN(S(=O)(=O)c2ccc(Cl)cc2)CC1)C1Cc2cnccc2N1. The number of amides is 1. The number of sulfonamides is 1. The lowest BCUT2D eigenvalue weighted by molar-refractivity contribution is -0.121. The van der Waals surface area contributed by atoms with E-state index in [4.69, 9.17) is 11.6 Å². The number of hydrogen-bond donors (Lipinski definition) is 2. The quantitative estimate of drug-likeness (QED) is 0.569. The molecule has 1 amide bonds. The van der Waals surface area contributed by atoms with Crippen molar-refractivity contribution in [2.24, 2.45) is 5.92 Å². The second-order valence-electron chi connectivity index (χ2n) is 8.52. The number of carbonyl (C=O) groups is 1. The third kappa shape index (κ3) is 5.42. The van der Waals surface area contributed by atoms with Gasteiger partial charge in [0.2, 0.25) is 15.9 Å². The zero-order chi connectivity index (χ0) is 22.6. The molecule has 172 valence electrons. The maximum absolute atomic E-state index is 12.8. The molecule has 4 rings (SSSR count). The van der Waals surface area contributed by atoms with Crippen LogP contribution in [0.3, 0.4) is 0 Å². The first-order chi connectivity index (χ1) is 15.4. The van der Waals surface area contributed by atoms with Crippen molar-refractivity contribution >= 4 is 33.2 Å². The number of piperidine rings is 1. The van der Waals surface area contributed by atoms with Crippen molar-refractivity contribution in [2.45, 2.75) is 49.5 Å². The predicted octanol–water partition coefficient (Wildman–Crippen LogP) is 3.46. The fraction of sp³-hybridized carbons (Fsp3) is 0.478. The molecule has 1 aromatic heterocycles. The molecule has 9 heteroatoms. The van der Waals surface area contributed by atoms with Gasteiger partial charge in [0.05, 0.1) is 4.90 Å². The molecule has 0 radical (unpaired) electrons. The molecular weight excluding hydrogens is 448 g/mol. The summed E-state index contributed by atoms with van der Waals surface area (Å²) >= 11 is 5.87. The molecule has 1 fully saturated rings. The number of halogens is 1. The van der Waals surface area contributed by atoms with Crippen LogP contribution in [0.25, 0.3) is 0 Å². The summed E-state index contributed by atoms with van der Waals surface area (Å²) in [6, 6.07) is 8.02. The molecule has 2 aliphatic rings. The van der Waals surface area contributed by atoms with Crippen LogP contribution in [-0.2, 0) is 21.2 Å². The van der Waals surface area contributed by atoms with E-state index in [9.17, 15) is 13.2 Å². The molecule has 1 atom stereocenters. The second kappa shape index (κ2) is 10.2. The minimum Gasteiger partial charge on any atom is -0.373 e. The summed E-state index contributed by atoms with van der Waals surface area (Å²) in [5.74, 6) is 0.558. The number of nitrogens with zero attached hydrogens (tertiary/aromatic N) is 2. The molecule has 3 heterocycles. The molecule has 0 saturated carbocycles. The van der Waals surface area contributed by atoms with Crippen LogP contribution in [0.15, 0.2) is 47.6 Å². The molecular formula is C23H29ClN4O3S. The molecule has 2 aliphatic heterocycles. The Morgan fingerprint density at radius 1 is 1.16 bits per heavy atom. The molecule has 1 aromatic carbocycles. The summed E-state index contributed by atoms with van der Waals surface area (Å²) in [4.78, 5) is 16.8. The average molecular weight is 477 g/mol. The topological polar surface area (TPSA) is 91.4 Å². The van der Waals surface area contributed by atoms with Gasteiger partial charge in [-0.15, -0.1) is 0 Å². The largest absolute Gasteiger partial charge is 0.373 e. The van der Waals surface area contributed by atoms with Gasteiger partial charge < -0.3 is 10.6 Å². The Kier molecular flexibility index (Phi) is 7.33. The van der Waals surface area contributed by atoms with Crippen LogP contribution in [0.4, 0.5) is 5.69 Å². The van der Waals surface area contributed by atoms with Crippen LogP contribution in [-0.4, -0.2) is 49.3 Å². The Hall–Kier alpha value is -2.16. The van der Waals surface area contributed by atoms with Crippen LogP contribution >= 0.6 is 11.6 Å². The van der Waals surface area contributed by atoms with E-state index in [0.29, 0.717) is 41.9 Å². The fourth-order valence-corrected chi connectivity index (χ4v) is 6.03. The van der Waals surface area contributed by atoms with Gasteiger partial charge in [0.25, 0.3) is 0 Å². The van der Waals surface area contributed by atoms with Crippen molar-refractivity contribution in [1.29, 1.82) is 0 Å². The maximum atomic E-state index is 12.8. The molecule has 32 heavy (non-hydrogen) atoms. The van der Waals surface area contributed by atoms with Gasteiger partial charge in [-0.25, -0.2) is 8.42 Å². The average Bonchev–Trinajstić information content (AvgIpc) is 3.24. The van der Waals surface area contributed by atoms with Gasteiger partial charge in [-0.05, 0) is 61.1 Å². The van der Waals surface area contributed by atoms with E-state index in [1.165, 1.54) is 0 Å². The highest BCUT2D eigenvalue weighted by Crippen LogP contribution is 2.27. The Morgan fingerprint density at radius 3 is 2.62 bits per heavy atom. The smallest absolute Gasteiger partial charge is 0.243 e. The van der Waals surface area contributed by atoms with Crippen LogP contribution in [0.5, 0.6) is 0 Å². The van der Waals surface area contributed by atoms with Crippen molar-refractivity contribution in [1.82, 2.24) is 14.6 Å². The predicted molar refractivity (Wildman–Crippen MR) is 125 cm³/mol. The highest BCUT2D eigenvalue weighted by molar-refractivity contribution is 7.89. The maximum Gasteiger partial charge on any atom is 0.243 e. The van der Waals surface area contributed by atoms with Crippen molar-refractivity contribution in [3.05, 3.63) is 53.3 Å². The van der Waals surface area contributed by atoms with E-state index in [-0.39, 0.29) is 11.9 Å². The summed E-state index contributed by atoms with van der Waals surface area (Å²) < 4.78 is 27.1. The molecule has 7 nitrogen and oxygen atoms in total. The van der Waals surface area contributed by atoms with Crippen LogP contribution in [0.2, 0.25) is 5.02 Å². The van der Waals surface area contributed by atoms with E-state index in [1.54, 1.807) is 34.8 Å². The summed E-state index contributed by atoms with van der Waals surface area (Å²) in [6.45, 7) is 1.76. The zero-order valence-electron chi connectivity index (χ0n) is 18.0. The number of aromatic nitrogens is 1. The van der Waals surface area contributed by atoms with E-state index >= 15 is 0 Å². The molecule has 0 aliphatic carbocycles. The van der Waals surface area contributed by atoms with Crippen LogP contribution < -0.4 is 10.6 Å². The number of unbranched alkanes of at least 4 members (excludes halogenated alkanes) is 1. The lowest BCUT2D eigenvalue weighted by atomic mass is 9.92. The van der Waals surface area contributed by atoms with Crippen molar-refractivity contribution in [2.75, 3.05) is 25.0 Å². The Morgan fingerprint density at radius 2 is 1.91 bits per heavy atom. The van der Waals surface area contributed by atoms with Gasteiger partial charge in [0, 0.05) is 49.2 Å². The van der Waals surface area contributed by atoms with E-state index in [1.807, 2.05) is 12.3 Å². The van der Waals surface area contributed by atoms with Gasteiger partial charge in [-0.2, -0.15) is 4.31 Å². The first kappa shape index (κ1) is 23.0. The Bertz CT molecular complexity index is 1010. The lowest BCUT2D eigenvalue weighted by Gasteiger charge is -2.31. The summed E-state index contributed by atoms with van der Waals surface area (Å²) in [5.41, 5.74) is 2.07. The third-order valence-electron chi connectivity index (χ3n) is 6.34. The van der Waals surface area contributed by atoms with Crippen LogP contribution in [0.1, 0.15) is 37.7 Å². The lowest BCUT2D eigenvalue weighted by Crippen LogP contribution is -2.39. The monoisotopic (exact) mass is 476 g/mol. The number of carbonyl (C=O) groups excluding carboxylic acids is 1. The number of nitrogens with one attached hydrogen (secondary N) is 2. The number of hydrogen-bond acceptors (Lipinski definition) is 5. The molecule has 1 saturated heterocycles. The zero-order valence-corrected chi connectivity index (χ0v) is 19.5. The second-order valence-corrected chi connectivity index (χ2v) is 10.9. The van der Waals surface area contributed by atoms with Gasteiger partial charge in [-0.3, -0.25) is 9.78 Å². The fourth-order valence-electron chi connectivity index (χ4n) is 4.43. The minimum atomic E-state index is -3.45. The van der Waals surface area contributed by atoms with E-state index in [0.717, 1.165) is 43.4 Å². The number of pyridine rings is 1. The third-order valence-corrected chi connectivity index (χ3v) is 8.50. The summed E-state index contributed by atoms with van der Waals surface area (Å²) in [6.07, 6.45) is 8.96. The summed E-state index contributed by atoms with van der Waals surface area (Å²) in [5, 5.41) is 6.80. The van der Waals surface area contributed by atoms with Crippen molar-refractivity contribution in [3.63, 3.8) is 0 Å². The molecule has 0 bridgehead atoms. The Balaban J connectivity index is 1.13. The first-order valence-corrected chi connectivity index (χ1v) is 13.0. The Labute approximate surface area is 194 Å². The van der Waals surface area contributed by atoms with Gasteiger partial charge in [0.1, 0.15) is 6.04 Å². The molecule has 0 spiro atoms. The molecule has 2 aromatic rings. The summed E-state index contributed by atoms with van der Waals surface area (Å²) in [7, 11) is -3.45. The number of benzene rings is 1. The first-order valence-electron chi connectivity index (χ1n) is 11.2. The highest BCUT2D eigenvalue weighted by atomic mass is 35.5. The van der Waals surface area contributed by atoms with Gasteiger partial charge in [-0.1, -0.05) is 24.4 Å². The normalized spacial score (nSPS) is 19.3. The van der Waals surface area contributed by atoms with Crippen molar-refractivity contribution in [3.8, 4) is 0 Å². The number of anilines is 1.